The molecule has 0 amide bonds. The molecule has 2 rings (SSSR count). The number of rotatable bonds is 2. The quantitative estimate of drug-likeness (QED) is 0.745. The number of H-pyrrole nitrogens is 1. The summed E-state index contributed by atoms with van der Waals surface area (Å²) in [7, 11) is 0. The van der Waals surface area contributed by atoms with Crippen molar-refractivity contribution in [3.05, 3.63) is 37.4 Å². The molecule has 3 heteroatoms. The lowest BCUT2D eigenvalue weighted by Gasteiger charge is -1.98. The predicted molar refractivity (Wildman–Crippen MR) is 87.5 cm³/mol. The maximum absolute atomic E-state index is 4.63. The SMILES string of the molecule is CCc1c(C)[nH]c(/C=C2\N=C(C)C(I)=C2C)c1C. The number of nitrogens with one attached hydrogen (secondary N) is 1. The lowest BCUT2D eigenvalue weighted by molar-refractivity contribution is 1.08. The van der Waals surface area contributed by atoms with Crippen LogP contribution in [0.2, 0.25) is 0 Å². The van der Waals surface area contributed by atoms with Gasteiger partial charge in [0.05, 0.1) is 11.4 Å². The van der Waals surface area contributed by atoms with Gasteiger partial charge in [-0.15, -0.1) is 0 Å². The van der Waals surface area contributed by atoms with Crippen molar-refractivity contribution in [2.24, 2.45) is 4.99 Å². The van der Waals surface area contributed by atoms with Crippen LogP contribution in [0.1, 0.15) is 43.3 Å². The number of hydrogen-bond acceptors (Lipinski definition) is 1. The molecule has 1 aliphatic heterocycles. The summed E-state index contributed by atoms with van der Waals surface area (Å²) in [6, 6.07) is 0. The van der Waals surface area contributed by atoms with Crippen molar-refractivity contribution in [3.8, 4) is 0 Å². The van der Waals surface area contributed by atoms with E-state index in [0.717, 1.165) is 17.8 Å². The van der Waals surface area contributed by atoms with Crippen LogP contribution >= 0.6 is 22.6 Å². The zero-order valence-corrected chi connectivity index (χ0v) is 13.8. The van der Waals surface area contributed by atoms with E-state index in [-0.39, 0.29) is 0 Å². The van der Waals surface area contributed by atoms with Gasteiger partial charge in [-0.1, -0.05) is 6.92 Å². The minimum atomic E-state index is 1.08. The average Bonchev–Trinajstić information content (AvgIpc) is 2.72. The van der Waals surface area contributed by atoms with Gasteiger partial charge in [0.2, 0.25) is 0 Å². The lowest BCUT2D eigenvalue weighted by Crippen LogP contribution is -1.84. The first-order valence-corrected chi connectivity index (χ1v) is 7.35. The summed E-state index contributed by atoms with van der Waals surface area (Å²) in [6.45, 7) is 10.7. The number of aryl methyl sites for hydroxylation is 1. The highest BCUT2D eigenvalue weighted by molar-refractivity contribution is 14.1. The van der Waals surface area contributed by atoms with E-state index in [0.29, 0.717) is 0 Å². The Hall–Kier alpha value is -0.840. The fraction of sp³-hybridized carbons (Fsp3) is 0.400. The van der Waals surface area contributed by atoms with Gasteiger partial charge in [-0.3, -0.25) is 4.99 Å². The third-order valence-electron chi connectivity index (χ3n) is 3.59. The van der Waals surface area contributed by atoms with Crippen molar-refractivity contribution in [3.63, 3.8) is 0 Å². The topological polar surface area (TPSA) is 28.1 Å². The number of nitrogens with zero attached hydrogens (tertiary/aromatic N) is 1. The van der Waals surface area contributed by atoms with Crippen molar-refractivity contribution in [2.45, 2.75) is 41.0 Å². The van der Waals surface area contributed by atoms with Gasteiger partial charge in [0, 0.05) is 15.0 Å². The maximum atomic E-state index is 4.63. The van der Waals surface area contributed by atoms with E-state index in [1.54, 1.807) is 0 Å². The smallest absolute Gasteiger partial charge is 0.0694 e. The van der Waals surface area contributed by atoms with Crippen LogP contribution in [-0.4, -0.2) is 10.7 Å². The van der Waals surface area contributed by atoms with Crippen LogP contribution in [-0.2, 0) is 6.42 Å². The molecule has 96 valence electrons. The van der Waals surface area contributed by atoms with Gasteiger partial charge in [-0.2, -0.15) is 0 Å². The Balaban J connectivity index is 2.48. The van der Waals surface area contributed by atoms with E-state index < -0.39 is 0 Å². The molecule has 0 spiro atoms. The minimum Gasteiger partial charge on any atom is -0.359 e. The van der Waals surface area contributed by atoms with Crippen LogP contribution in [0.25, 0.3) is 6.08 Å². The van der Waals surface area contributed by atoms with Crippen molar-refractivity contribution in [2.75, 3.05) is 0 Å². The van der Waals surface area contributed by atoms with Crippen LogP contribution in [0.15, 0.2) is 19.8 Å². The fourth-order valence-electron chi connectivity index (χ4n) is 2.46. The number of hydrogen-bond donors (Lipinski definition) is 1. The van der Waals surface area contributed by atoms with E-state index in [9.17, 15) is 0 Å². The average molecular weight is 354 g/mol. The third kappa shape index (κ3) is 2.20. The Bertz CT molecular complexity index is 586. The van der Waals surface area contributed by atoms with Gasteiger partial charge >= 0.3 is 0 Å². The molecule has 2 heterocycles. The number of allylic oxidation sites excluding steroid dienone is 2. The Morgan fingerprint density at radius 1 is 1.22 bits per heavy atom. The molecular formula is C15H19IN2. The van der Waals surface area contributed by atoms with Gasteiger partial charge in [0.15, 0.2) is 0 Å². The van der Waals surface area contributed by atoms with Crippen molar-refractivity contribution in [1.29, 1.82) is 0 Å². The highest BCUT2D eigenvalue weighted by atomic mass is 127. The Labute approximate surface area is 122 Å². The minimum absolute atomic E-state index is 1.08. The predicted octanol–water partition coefficient (Wildman–Crippen LogP) is 4.72. The molecule has 0 saturated carbocycles. The van der Waals surface area contributed by atoms with Crippen LogP contribution in [0.4, 0.5) is 0 Å². The molecule has 1 aromatic rings. The number of aromatic nitrogens is 1. The summed E-state index contributed by atoms with van der Waals surface area (Å²) >= 11 is 2.37. The fourth-order valence-corrected chi connectivity index (χ4v) is 2.86. The standard InChI is InChI=1S/C15H19IN2/c1-6-12-8(2)13(17-10(12)4)7-14-9(3)15(16)11(5)18-14/h7,17H,6H2,1-5H3/b14-7-. The van der Waals surface area contributed by atoms with E-state index in [1.165, 1.54) is 31.7 Å². The first kappa shape index (κ1) is 13.6. The van der Waals surface area contributed by atoms with Crippen LogP contribution in [0, 0.1) is 13.8 Å². The molecule has 0 unspecified atom stereocenters. The Kier molecular flexibility index (Phi) is 3.80. The largest absolute Gasteiger partial charge is 0.359 e. The van der Waals surface area contributed by atoms with Gasteiger partial charge in [-0.05, 0) is 79.5 Å². The summed E-state index contributed by atoms with van der Waals surface area (Å²) in [4.78, 5) is 8.10. The van der Waals surface area contributed by atoms with Crippen LogP contribution < -0.4 is 0 Å². The summed E-state index contributed by atoms with van der Waals surface area (Å²) in [5.74, 6) is 0. The van der Waals surface area contributed by atoms with Crippen LogP contribution in [0.5, 0.6) is 0 Å². The molecule has 2 nitrogen and oxygen atoms in total. The first-order valence-electron chi connectivity index (χ1n) is 6.27. The maximum Gasteiger partial charge on any atom is 0.0694 e. The molecule has 0 bridgehead atoms. The number of aromatic amines is 1. The number of aliphatic imine (C=N–C) groups is 1. The molecule has 0 fully saturated rings. The molecule has 0 aromatic carbocycles. The van der Waals surface area contributed by atoms with Gasteiger partial charge in [-0.25, -0.2) is 0 Å². The molecule has 0 radical (unpaired) electrons. The second-order valence-electron chi connectivity index (χ2n) is 4.79. The normalized spacial score (nSPS) is 17.9. The van der Waals surface area contributed by atoms with Crippen molar-refractivity contribution < 1.29 is 0 Å². The van der Waals surface area contributed by atoms with Gasteiger partial charge < -0.3 is 4.98 Å². The van der Waals surface area contributed by atoms with Crippen molar-refractivity contribution in [1.82, 2.24) is 4.98 Å². The molecule has 1 aromatic heterocycles. The first-order chi connectivity index (χ1) is 8.45. The second kappa shape index (κ2) is 5.03. The van der Waals surface area contributed by atoms with E-state index in [1.807, 2.05) is 0 Å². The second-order valence-corrected chi connectivity index (χ2v) is 5.87. The van der Waals surface area contributed by atoms with E-state index >= 15 is 0 Å². The number of halogens is 1. The molecular weight excluding hydrogens is 335 g/mol. The molecule has 0 aliphatic carbocycles. The van der Waals surface area contributed by atoms with Crippen LogP contribution in [0.3, 0.4) is 0 Å². The summed E-state index contributed by atoms with van der Waals surface area (Å²) in [6.07, 6.45) is 3.25. The Morgan fingerprint density at radius 2 is 1.89 bits per heavy atom. The van der Waals surface area contributed by atoms with Gasteiger partial charge in [0.1, 0.15) is 0 Å². The molecule has 0 atom stereocenters. The zero-order chi connectivity index (χ0) is 13.4. The highest BCUT2D eigenvalue weighted by Crippen LogP contribution is 2.31. The molecule has 1 N–H and O–H groups in total. The lowest BCUT2D eigenvalue weighted by atomic mass is 10.1. The summed E-state index contributed by atoms with van der Waals surface area (Å²) in [5, 5.41) is 0. The molecule has 0 saturated heterocycles. The van der Waals surface area contributed by atoms with E-state index in [2.05, 4.69) is 73.3 Å². The monoisotopic (exact) mass is 354 g/mol. The third-order valence-corrected chi connectivity index (χ3v) is 5.18. The zero-order valence-electron chi connectivity index (χ0n) is 11.6. The van der Waals surface area contributed by atoms with Gasteiger partial charge in [0.25, 0.3) is 0 Å². The molecule has 18 heavy (non-hydrogen) atoms. The summed E-state index contributed by atoms with van der Waals surface area (Å²) in [5.41, 5.74) is 8.73. The van der Waals surface area contributed by atoms with Crippen molar-refractivity contribution >= 4 is 34.4 Å². The summed E-state index contributed by atoms with van der Waals surface area (Å²) < 4.78 is 1.27. The highest BCUT2D eigenvalue weighted by Gasteiger charge is 2.16. The Morgan fingerprint density at radius 3 is 2.33 bits per heavy atom. The molecule has 1 aliphatic rings. The van der Waals surface area contributed by atoms with E-state index in [4.69, 9.17) is 0 Å².